The van der Waals surface area contributed by atoms with E-state index in [1.807, 2.05) is 0 Å². The molecule has 0 bridgehead atoms. The third-order valence-electron chi connectivity index (χ3n) is 1.45. The van der Waals surface area contributed by atoms with Gasteiger partial charge in [0.1, 0.15) is 0 Å². The van der Waals surface area contributed by atoms with Gasteiger partial charge in [-0.1, -0.05) is 15.9 Å². The van der Waals surface area contributed by atoms with Crippen LogP contribution in [0.3, 0.4) is 0 Å². The molecular formula is C7H4BrN2O4-. The Hall–Kier alpha value is -1.63. The summed E-state index contributed by atoms with van der Waals surface area (Å²) in [5.74, 6) is 0. The monoisotopic (exact) mass is 259 g/mol. The van der Waals surface area contributed by atoms with Gasteiger partial charge in [0.2, 0.25) is 0 Å². The average Bonchev–Trinajstić information content (AvgIpc) is 2.07. The topological polar surface area (TPSA) is 86.3 Å². The van der Waals surface area contributed by atoms with Crippen LogP contribution < -0.4 is 0 Å². The van der Waals surface area contributed by atoms with Gasteiger partial charge in [-0.05, 0) is 10.0 Å². The van der Waals surface area contributed by atoms with Crippen LogP contribution in [0.2, 0.25) is 0 Å². The third-order valence-corrected chi connectivity index (χ3v) is 1.98. The Morgan fingerprint density at radius 2 is 1.50 bits per heavy atom. The molecule has 7 heteroatoms. The Bertz CT molecular complexity index is 350. The van der Waals surface area contributed by atoms with Gasteiger partial charge in [0, 0.05) is 0 Å². The fourth-order valence-electron chi connectivity index (χ4n) is 0.876. The zero-order chi connectivity index (χ0) is 10.7. The first kappa shape index (κ1) is 10.5. The summed E-state index contributed by atoms with van der Waals surface area (Å²) >= 11 is 3.12. The van der Waals surface area contributed by atoms with E-state index in [0.29, 0.717) is 4.47 Å². The van der Waals surface area contributed by atoms with Crippen molar-refractivity contribution in [3.63, 3.8) is 0 Å². The normalized spacial score (nSPS) is 9.50. The predicted octanol–water partition coefficient (Wildman–Crippen LogP) is 1.84. The van der Waals surface area contributed by atoms with Gasteiger partial charge in [-0.2, -0.15) is 0 Å². The molecule has 0 saturated heterocycles. The Balaban J connectivity index is 3.06. The summed E-state index contributed by atoms with van der Waals surface area (Å²) in [4.78, 5) is 18.7. The average molecular weight is 260 g/mol. The van der Waals surface area contributed by atoms with E-state index in [-0.39, 0.29) is 5.56 Å². The molecule has 0 N–H and O–H groups in total. The maximum Gasteiger partial charge on any atom is 0.459 e. The van der Waals surface area contributed by atoms with E-state index >= 15 is 0 Å². The molecule has 0 unspecified atom stereocenters. The van der Waals surface area contributed by atoms with Crippen LogP contribution in [-0.4, -0.2) is 9.85 Å². The number of hydrogen-bond acceptors (Lipinski definition) is 4. The lowest BCUT2D eigenvalue weighted by molar-refractivity contribution is -0.660. The molecule has 0 aliphatic carbocycles. The number of nitro groups is 2. The summed E-state index contributed by atoms with van der Waals surface area (Å²) in [6.07, 6.45) is -1.02. The van der Waals surface area contributed by atoms with Crippen molar-refractivity contribution in [1.82, 2.24) is 0 Å². The van der Waals surface area contributed by atoms with E-state index in [2.05, 4.69) is 15.9 Å². The van der Waals surface area contributed by atoms with Crippen molar-refractivity contribution < 1.29 is 9.85 Å². The lowest BCUT2D eigenvalue weighted by atomic mass is 10.2. The van der Waals surface area contributed by atoms with Crippen molar-refractivity contribution in [1.29, 1.82) is 0 Å². The molecule has 0 spiro atoms. The number of benzene rings is 1. The first-order valence-corrected chi connectivity index (χ1v) is 4.23. The highest BCUT2D eigenvalue weighted by molar-refractivity contribution is 9.10. The van der Waals surface area contributed by atoms with Crippen molar-refractivity contribution in [3.05, 3.63) is 60.7 Å². The SMILES string of the molecule is O=[N+]([O-])[C-](c1ccc(Br)cc1)[N+](=O)[O-]. The molecule has 0 heterocycles. The molecule has 0 saturated carbocycles. The van der Waals surface area contributed by atoms with Gasteiger partial charge < -0.3 is 0 Å². The van der Waals surface area contributed by atoms with Gasteiger partial charge in [-0.25, -0.2) is 0 Å². The minimum atomic E-state index is -1.02. The fraction of sp³-hybridized carbons (Fsp3) is 0. The number of halogens is 1. The maximum absolute atomic E-state index is 10.3. The van der Waals surface area contributed by atoms with Gasteiger partial charge in [0.05, 0.1) is 9.85 Å². The molecule has 0 aliphatic rings. The molecule has 74 valence electrons. The first-order valence-electron chi connectivity index (χ1n) is 3.44. The predicted molar refractivity (Wildman–Crippen MR) is 50.5 cm³/mol. The Morgan fingerprint density at radius 1 is 1.07 bits per heavy atom. The van der Waals surface area contributed by atoms with Crippen molar-refractivity contribution in [2.24, 2.45) is 0 Å². The Labute approximate surface area is 87.0 Å². The van der Waals surface area contributed by atoms with E-state index in [4.69, 9.17) is 0 Å². The minimum absolute atomic E-state index is 0.0248. The van der Waals surface area contributed by atoms with Crippen LogP contribution >= 0.6 is 15.9 Å². The van der Waals surface area contributed by atoms with Crippen molar-refractivity contribution in [2.45, 2.75) is 0 Å². The van der Waals surface area contributed by atoms with Crippen LogP contribution in [0, 0.1) is 26.4 Å². The van der Waals surface area contributed by atoms with Gasteiger partial charge in [-0.3, -0.25) is 20.2 Å². The summed E-state index contributed by atoms with van der Waals surface area (Å²) in [5, 5.41) is 20.7. The van der Waals surface area contributed by atoms with Crippen LogP contribution in [0.25, 0.3) is 0 Å². The van der Waals surface area contributed by atoms with Gasteiger partial charge in [-0.15, -0.1) is 24.3 Å². The number of nitrogens with zero attached hydrogens (tertiary/aromatic N) is 2. The summed E-state index contributed by atoms with van der Waals surface area (Å²) in [7, 11) is 0. The maximum atomic E-state index is 10.3. The van der Waals surface area contributed by atoms with Gasteiger partial charge in [0.25, 0.3) is 0 Å². The summed E-state index contributed by atoms with van der Waals surface area (Å²) in [6.45, 7) is 0. The summed E-state index contributed by atoms with van der Waals surface area (Å²) < 4.78 is 0.701. The zero-order valence-corrected chi connectivity index (χ0v) is 8.30. The van der Waals surface area contributed by atoms with E-state index in [1.165, 1.54) is 24.3 Å². The molecule has 1 rings (SSSR count). The summed E-state index contributed by atoms with van der Waals surface area (Å²) in [6, 6.07) is 5.63. The molecule has 0 amide bonds. The van der Waals surface area contributed by atoms with Crippen LogP contribution in [0.4, 0.5) is 0 Å². The van der Waals surface area contributed by atoms with Crippen LogP contribution in [0.5, 0.6) is 0 Å². The first-order chi connectivity index (χ1) is 6.52. The number of rotatable bonds is 3. The molecule has 0 aliphatic heterocycles. The molecule has 0 atom stereocenters. The van der Waals surface area contributed by atoms with E-state index in [9.17, 15) is 20.2 Å². The third kappa shape index (κ3) is 2.19. The fourth-order valence-corrected chi connectivity index (χ4v) is 1.14. The molecule has 0 aromatic heterocycles. The molecule has 1 aromatic rings. The number of hydrogen-bond donors (Lipinski definition) is 0. The van der Waals surface area contributed by atoms with E-state index in [0.717, 1.165) is 0 Å². The van der Waals surface area contributed by atoms with Gasteiger partial charge >= 0.3 is 6.17 Å². The van der Waals surface area contributed by atoms with E-state index < -0.39 is 16.0 Å². The van der Waals surface area contributed by atoms with E-state index in [1.54, 1.807) is 0 Å². The molecule has 1 aromatic carbocycles. The van der Waals surface area contributed by atoms with Crippen LogP contribution in [-0.2, 0) is 0 Å². The molecule has 0 radical (unpaired) electrons. The van der Waals surface area contributed by atoms with Gasteiger partial charge in [0.15, 0.2) is 0 Å². The zero-order valence-electron chi connectivity index (χ0n) is 6.71. The van der Waals surface area contributed by atoms with Crippen LogP contribution in [0.15, 0.2) is 28.7 Å². The van der Waals surface area contributed by atoms with Crippen molar-refractivity contribution >= 4 is 15.9 Å². The Kier molecular flexibility index (Phi) is 3.03. The smallest absolute Gasteiger partial charge is 0.265 e. The Morgan fingerprint density at radius 3 is 1.86 bits per heavy atom. The second-order valence-corrected chi connectivity index (χ2v) is 3.26. The second-order valence-electron chi connectivity index (χ2n) is 2.34. The van der Waals surface area contributed by atoms with Crippen molar-refractivity contribution in [2.75, 3.05) is 0 Å². The molecule has 0 fully saturated rings. The lowest BCUT2D eigenvalue weighted by Crippen LogP contribution is -2.20. The molecule has 14 heavy (non-hydrogen) atoms. The molecule has 6 nitrogen and oxygen atoms in total. The second kappa shape index (κ2) is 4.05. The minimum Gasteiger partial charge on any atom is -0.265 e. The van der Waals surface area contributed by atoms with Crippen LogP contribution in [0.1, 0.15) is 5.56 Å². The summed E-state index contributed by atoms with van der Waals surface area (Å²) in [5.41, 5.74) is -0.0248. The molecular weight excluding hydrogens is 256 g/mol. The lowest BCUT2D eigenvalue weighted by Gasteiger charge is -2.06. The van der Waals surface area contributed by atoms with Crippen molar-refractivity contribution in [3.8, 4) is 0 Å². The highest BCUT2D eigenvalue weighted by atomic mass is 79.9. The quantitative estimate of drug-likeness (QED) is 0.471. The highest BCUT2D eigenvalue weighted by Crippen LogP contribution is 2.18. The largest absolute Gasteiger partial charge is 0.459 e. The highest BCUT2D eigenvalue weighted by Gasteiger charge is 2.29. The standard InChI is InChI=1S/C7H4BrN2O4/c8-6-3-1-5(2-4-6)7(9(11)12)10(13)14/h1-4H/q-1.